The number of hydrogen-bond acceptors (Lipinski definition) is 3. The van der Waals surface area contributed by atoms with Crippen molar-refractivity contribution >= 4 is 5.96 Å². The van der Waals surface area contributed by atoms with Crippen LogP contribution < -0.4 is 10.6 Å². The van der Waals surface area contributed by atoms with E-state index >= 15 is 0 Å². The molecule has 0 rings (SSSR count). The molecule has 0 amide bonds. The van der Waals surface area contributed by atoms with Gasteiger partial charge in [0.1, 0.15) is 0 Å². The van der Waals surface area contributed by atoms with Crippen molar-refractivity contribution in [3.8, 4) is 0 Å². The van der Waals surface area contributed by atoms with Crippen molar-refractivity contribution in [2.75, 3.05) is 40.0 Å². The summed E-state index contributed by atoms with van der Waals surface area (Å²) in [5.41, 5.74) is 0. The lowest BCUT2D eigenvalue weighted by Gasteiger charge is -2.21. The maximum Gasteiger partial charge on any atom is 0.190 e. The number of nitrogens with one attached hydrogen (secondary N) is 2. The highest BCUT2D eigenvalue weighted by molar-refractivity contribution is 5.79. The molecule has 5 nitrogen and oxygen atoms in total. The standard InChI is InChI=1S/C15H33N3O2/c1-6-19-12-8-10-17-15(16-5)18-11-9-14(13(3)4)20-7-2/h13-14H,6-12H2,1-5H3,(H2,16,17,18). The molecular weight excluding hydrogens is 254 g/mol. The second-order valence-electron chi connectivity index (χ2n) is 5.00. The second-order valence-corrected chi connectivity index (χ2v) is 5.00. The van der Waals surface area contributed by atoms with E-state index in [4.69, 9.17) is 9.47 Å². The SMILES string of the molecule is CCOCCCNC(=NC)NCCC(OCC)C(C)C. The Morgan fingerprint density at radius 2 is 1.80 bits per heavy atom. The van der Waals surface area contributed by atoms with Gasteiger partial charge in [-0.1, -0.05) is 13.8 Å². The lowest BCUT2D eigenvalue weighted by molar-refractivity contribution is 0.0258. The molecule has 0 saturated heterocycles. The Kier molecular flexibility index (Phi) is 12.7. The Morgan fingerprint density at radius 1 is 1.10 bits per heavy atom. The number of nitrogens with zero attached hydrogens (tertiary/aromatic N) is 1. The Hall–Kier alpha value is -0.810. The summed E-state index contributed by atoms with van der Waals surface area (Å²) in [6, 6.07) is 0. The molecule has 1 unspecified atom stereocenters. The van der Waals surface area contributed by atoms with Gasteiger partial charge in [0.2, 0.25) is 0 Å². The van der Waals surface area contributed by atoms with Crippen molar-refractivity contribution in [1.29, 1.82) is 0 Å². The first-order valence-corrected chi connectivity index (χ1v) is 7.79. The van der Waals surface area contributed by atoms with Crippen LogP contribution in [0.2, 0.25) is 0 Å². The zero-order chi connectivity index (χ0) is 15.2. The van der Waals surface area contributed by atoms with Crippen molar-refractivity contribution in [1.82, 2.24) is 10.6 Å². The van der Waals surface area contributed by atoms with E-state index in [-0.39, 0.29) is 0 Å². The predicted molar refractivity (Wildman–Crippen MR) is 85.3 cm³/mol. The number of guanidine groups is 1. The Balaban J connectivity index is 3.78. The van der Waals surface area contributed by atoms with Crippen molar-refractivity contribution in [3.63, 3.8) is 0 Å². The highest BCUT2D eigenvalue weighted by atomic mass is 16.5. The Labute approximate surface area is 124 Å². The quantitative estimate of drug-likeness (QED) is 0.347. The van der Waals surface area contributed by atoms with Gasteiger partial charge in [-0.15, -0.1) is 0 Å². The summed E-state index contributed by atoms with van der Waals surface area (Å²) in [6.45, 7) is 12.5. The van der Waals surface area contributed by atoms with Crippen LogP contribution in [0.15, 0.2) is 4.99 Å². The number of hydrogen-bond donors (Lipinski definition) is 2. The number of rotatable bonds is 11. The molecule has 0 fully saturated rings. The fourth-order valence-corrected chi connectivity index (χ4v) is 1.90. The van der Waals surface area contributed by atoms with Crippen LogP contribution in [0.5, 0.6) is 0 Å². The summed E-state index contributed by atoms with van der Waals surface area (Å²) in [4.78, 5) is 4.21. The molecule has 0 bridgehead atoms. The molecule has 0 saturated carbocycles. The van der Waals surface area contributed by atoms with Crippen LogP contribution in [0.3, 0.4) is 0 Å². The molecule has 0 aliphatic heterocycles. The molecule has 1 atom stereocenters. The summed E-state index contributed by atoms with van der Waals surface area (Å²) in [6.07, 6.45) is 2.29. The summed E-state index contributed by atoms with van der Waals surface area (Å²) < 4.78 is 11.0. The van der Waals surface area contributed by atoms with Gasteiger partial charge in [-0.05, 0) is 32.6 Å². The average Bonchev–Trinajstić information content (AvgIpc) is 2.43. The fourth-order valence-electron chi connectivity index (χ4n) is 1.90. The highest BCUT2D eigenvalue weighted by Crippen LogP contribution is 2.09. The van der Waals surface area contributed by atoms with Gasteiger partial charge < -0.3 is 20.1 Å². The van der Waals surface area contributed by atoms with E-state index in [1.165, 1.54) is 0 Å². The van der Waals surface area contributed by atoms with Crippen LogP contribution in [0, 0.1) is 5.92 Å². The van der Waals surface area contributed by atoms with Crippen molar-refractivity contribution in [3.05, 3.63) is 0 Å². The number of ether oxygens (including phenoxy) is 2. The molecule has 120 valence electrons. The lowest BCUT2D eigenvalue weighted by atomic mass is 10.0. The summed E-state index contributed by atoms with van der Waals surface area (Å²) in [5.74, 6) is 1.39. The van der Waals surface area contributed by atoms with Crippen molar-refractivity contribution < 1.29 is 9.47 Å². The summed E-state index contributed by atoms with van der Waals surface area (Å²) >= 11 is 0. The molecule has 0 aromatic rings. The smallest absolute Gasteiger partial charge is 0.190 e. The first-order chi connectivity index (χ1) is 9.65. The summed E-state index contributed by atoms with van der Waals surface area (Å²) in [7, 11) is 1.79. The van der Waals surface area contributed by atoms with E-state index in [2.05, 4.69) is 29.5 Å². The third-order valence-electron chi connectivity index (χ3n) is 3.03. The topological polar surface area (TPSA) is 54.9 Å². The maximum atomic E-state index is 5.73. The van der Waals surface area contributed by atoms with E-state index in [1.807, 2.05) is 13.8 Å². The van der Waals surface area contributed by atoms with Crippen molar-refractivity contribution in [2.24, 2.45) is 10.9 Å². The molecule has 5 heteroatoms. The Morgan fingerprint density at radius 3 is 2.35 bits per heavy atom. The molecule has 2 N–H and O–H groups in total. The summed E-state index contributed by atoms with van der Waals surface area (Å²) in [5, 5.41) is 6.60. The minimum Gasteiger partial charge on any atom is -0.382 e. The fraction of sp³-hybridized carbons (Fsp3) is 0.933. The molecule has 0 aromatic heterocycles. The van der Waals surface area contributed by atoms with E-state index in [9.17, 15) is 0 Å². The van der Waals surface area contributed by atoms with Crippen LogP contribution in [0.1, 0.15) is 40.5 Å². The van der Waals surface area contributed by atoms with Gasteiger partial charge in [-0.2, -0.15) is 0 Å². The molecular formula is C15H33N3O2. The normalized spacial score (nSPS) is 13.6. The average molecular weight is 287 g/mol. The van der Waals surface area contributed by atoms with Gasteiger partial charge >= 0.3 is 0 Å². The van der Waals surface area contributed by atoms with Gasteiger partial charge in [0.05, 0.1) is 6.10 Å². The number of aliphatic imine (C=N–C) groups is 1. The van der Waals surface area contributed by atoms with Gasteiger partial charge in [-0.3, -0.25) is 4.99 Å². The molecule has 0 spiro atoms. The zero-order valence-corrected chi connectivity index (χ0v) is 13.9. The predicted octanol–water partition coefficient (Wildman–Crippen LogP) is 2.03. The van der Waals surface area contributed by atoms with Crippen LogP contribution in [-0.4, -0.2) is 52.0 Å². The van der Waals surface area contributed by atoms with E-state index in [1.54, 1.807) is 7.05 Å². The van der Waals surface area contributed by atoms with E-state index in [0.29, 0.717) is 12.0 Å². The lowest BCUT2D eigenvalue weighted by Crippen LogP contribution is -2.39. The molecule has 0 radical (unpaired) electrons. The largest absolute Gasteiger partial charge is 0.382 e. The highest BCUT2D eigenvalue weighted by Gasteiger charge is 2.12. The van der Waals surface area contributed by atoms with Gasteiger partial charge in [0.25, 0.3) is 0 Å². The van der Waals surface area contributed by atoms with Gasteiger partial charge in [0.15, 0.2) is 5.96 Å². The maximum absolute atomic E-state index is 5.73. The van der Waals surface area contributed by atoms with Gasteiger partial charge in [-0.25, -0.2) is 0 Å². The van der Waals surface area contributed by atoms with Crippen LogP contribution in [0.4, 0.5) is 0 Å². The third kappa shape index (κ3) is 10.0. The molecule has 0 aromatic carbocycles. The van der Waals surface area contributed by atoms with Crippen LogP contribution in [-0.2, 0) is 9.47 Å². The molecule has 0 heterocycles. The van der Waals surface area contributed by atoms with E-state index < -0.39 is 0 Å². The first-order valence-electron chi connectivity index (χ1n) is 7.79. The second kappa shape index (κ2) is 13.2. The van der Waals surface area contributed by atoms with Crippen LogP contribution >= 0.6 is 0 Å². The minimum absolute atomic E-state index is 0.309. The first kappa shape index (κ1) is 19.2. The zero-order valence-electron chi connectivity index (χ0n) is 13.9. The molecule has 0 aliphatic rings. The van der Waals surface area contributed by atoms with Crippen molar-refractivity contribution in [2.45, 2.75) is 46.6 Å². The molecule has 0 aliphatic carbocycles. The Bertz CT molecular complexity index is 245. The van der Waals surface area contributed by atoms with Crippen LogP contribution in [0.25, 0.3) is 0 Å². The third-order valence-corrected chi connectivity index (χ3v) is 3.03. The molecule has 20 heavy (non-hydrogen) atoms. The van der Waals surface area contributed by atoms with E-state index in [0.717, 1.165) is 51.7 Å². The van der Waals surface area contributed by atoms with Gasteiger partial charge in [0, 0.05) is 40.0 Å². The monoisotopic (exact) mass is 287 g/mol. The minimum atomic E-state index is 0.309.